The van der Waals surface area contributed by atoms with Crippen LogP contribution in [-0.2, 0) is 9.53 Å². The second kappa shape index (κ2) is 6.11. The van der Waals surface area contributed by atoms with Crippen LogP contribution in [-0.4, -0.2) is 47.7 Å². The van der Waals surface area contributed by atoms with Gasteiger partial charge >= 0.3 is 0 Å². The summed E-state index contributed by atoms with van der Waals surface area (Å²) >= 11 is 0. The Balaban J connectivity index is 1.27. The second-order valence-electron chi connectivity index (χ2n) is 7.05. The predicted octanol–water partition coefficient (Wildman–Crippen LogP) is 2.27. The number of likely N-dealkylation sites (tertiary alicyclic amines) is 1. The van der Waals surface area contributed by atoms with Crippen molar-refractivity contribution >= 4 is 5.91 Å². The van der Waals surface area contributed by atoms with Crippen LogP contribution in [0.4, 0.5) is 0 Å². The third-order valence-corrected chi connectivity index (χ3v) is 5.65. The van der Waals surface area contributed by atoms with Crippen LogP contribution >= 0.6 is 0 Å². The van der Waals surface area contributed by atoms with Gasteiger partial charge in [0.25, 0.3) is 0 Å². The Morgan fingerprint density at radius 1 is 1.39 bits per heavy atom. The van der Waals surface area contributed by atoms with Crippen LogP contribution in [0.2, 0.25) is 0 Å². The second-order valence-corrected chi connectivity index (χ2v) is 7.05. The third kappa shape index (κ3) is 2.82. The van der Waals surface area contributed by atoms with Crippen molar-refractivity contribution < 1.29 is 14.3 Å². The summed E-state index contributed by atoms with van der Waals surface area (Å²) in [6.07, 6.45) is 8.89. The first kappa shape index (κ1) is 14.9. The monoisotopic (exact) mass is 316 g/mol. The fourth-order valence-corrected chi connectivity index (χ4v) is 3.96. The molecule has 3 fully saturated rings. The van der Waals surface area contributed by atoms with Crippen LogP contribution in [0.1, 0.15) is 32.1 Å². The highest BCUT2D eigenvalue weighted by Gasteiger charge is 2.54. The van der Waals surface area contributed by atoms with Gasteiger partial charge in [-0.2, -0.15) is 0 Å². The molecule has 23 heavy (non-hydrogen) atoms. The van der Waals surface area contributed by atoms with Crippen molar-refractivity contribution in [3.63, 3.8) is 0 Å². The Bertz CT molecular complexity index is 553. The molecular formula is C18H24N2O3. The Morgan fingerprint density at radius 2 is 2.26 bits per heavy atom. The smallest absolute Gasteiger partial charge is 0.225 e. The Kier molecular flexibility index (Phi) is 3.97. The molecule has 3 aliphatic rings. The van der Waals surface area contributed by atoms with Crippen LogP contribution in [0.5, 0.6) is 5.75 Å². The zero-order valence-corrected chi connectivity index (χ0v) is 13.4. The van der Waals surface area contributed by atoms with Gasteiger partial charge in [-0.3, -0.25) is 9.78 Å². The lowest BCUT2D eigenvalue weighted by molar-refractivity contribution is -0.171. The Hall–Kier alpha value is -1.62. The molecule has 1 saturated carbocycles. The van der Waals surface area contributed by atoms with E-state index in [1.165, 1.54) is 6.42 Å². The van der Waals surface area contributed by atoms with Crippen molar-refractivity contribution in [3.05, 3.63) is 24.5 Å². The number of amides is 1. The van der Waals surface area contributed by atoms with Crippen molar-refractivity contribution in [2.24, 2.45) is 11.8 Å². The summed E-state index contributed by atoms with van der Waals surface area (Å²) in [4.78, 5) is 18.4. The fourth-order valence-electron chi connectivity index (χ4n) is 3.96. The molecule has 0 aromatic carbocycles. The minimum absolute atomic E-state index is 0.0995. The summed E-state index contributed by atoms with van der Waals surface area (Å²) in [6.45, 7) is 3.04. The largest absolute Gasteiger partial charge is 0.492 e. The quantitative estimate of drug-likeness (QED) is 0.836. The van der Waals surface area contributed by atoms with Gasteiger partial charge in [-0.1, -0.05) is 6.42 Å². The van der Waals surface area contributed by atoms with Crippen molar-refractivity contribution in [3.8, 4) is 5.75 Å². The highest BCUT2D eigenvalue weighted by Crippen LogP contribution is 2.43. The molecule has 1 amide bonds. The van der Waals surface area contributed by atoms with E-state index in [-0.39, 0.29) is 5.60 Å². The van der Waals surface area contributed by atoms with Gasteiger partial charge in [0, 0.05) is 18.7 Å². The third-order valence-electron chi connectivity index (χ3n) is 5.65. The number of hydrogen-bond acceptors (Lipinski definition) is 4. The maximum Gasteiger partial charge on any atom is 0.225 e. The summed E-state index contributed by atoms with van der Waals surface area (Å²) in [5.41, 5.74) is -0.0995. The fraction of sp³-hybridized carbons (Fsp3) is 0.667. The predicted molar refractivity (Wildman–Crippen MR) is 85.1 cm³/mol. The van der Waals surface area contributed by atoms with E-state index in [0.717, 1.165) is 51.1 Å². The van der Waals surface area contributed by atoms with Crippen LogP contribution in [0.15, 0.2) is 24.5 Å². The maximum absolute atomic E-state index is 12.3. The number of nitrogens with zero attached hydrogens (tertiary/aromatic N) is 2. The molecule has 124 valence electrons. The summed E-state index contributed by atoms with van der Waals surface area (Å²) in [5, 5.41) is 0. The molecule has 1 atom stereocenters. The number of carbonyl (C=O) groups excluding carboxylic acids is 1. The summed E-state index contributed by atoms with van der Waals surface area (Å²) in [7, 11) is 0. The zero-order valence-electron chi connectivity index (χ0n) is 13.4. The number of hydrogen-bond donors (Lipinski definition) is 0. The van der Waals surface area contributed by atoms with E-state index in [1.807, 2.05) is 17.0 Å². The van der Waals surface area contributed by atoms with Crippen LogP contribution in [0.3, 0.4) is 0 Å². The van der Waals surface area contributed by atoms with Gasteiger partial charge in [0.2, 0.25) is 5.91 Å². The molecule has 5 nitrogen and oxygen atoms in total. The lowest BCUT2D eigenvalue weighted by atomic mass is 9.77. The van der Waals surface area contributed by atoms with E-state index >= 15 is 0 Å². The molecule has 0 radical (unpaired) electrons. The average molecular weight is 316 g/mol. The minimum atomic E-state index is -0.0995. The first-order valence-corrected chi connectivity index (χ1v) is 8.72. The van der Waals surface area contributed by atoms with Crippen LogP contribution in [0.25, 0.3) is 0 Å². The maximum atomic E-state index is 12.3. The SMILES string of the molecule is O=C(C1CCC1)N1CC2(C1)OCC[C@@H]2CCOc1cccnc1. The first-order valence-electron chi connectivity index (χ1n) is 8.72. The lowest BCUT2D eigenvalue weighted by Gasteiger charge is -2.51. The molecular weight excluding hydrogens is 292 g/mol. The van der Waals surface area contributed by atoms with E-state index in [1.54, 1.807) is 12.4 Å². The topological polar surface area (TPSA) is 51.7 Å². The number of aromatic nitrogens is 1. The number of rotatable bonds is 5. The Morgan fingerprint density at radius 3 is 2.96 bits per heavy atom. The summed E-state index contributed by atoms with van der Waals surface area (Å²) in [6, 6.07) is 3.81. The zero-order chi connectivity index (χ0) is 15.7. The standard InChI is InChI=1S/C18H24N2O3/c21-17(14-3-1-4-14)20-12-18(13-20)15(7-10-23-18)6-9-22-16-5-2-8-19-11-16/h2,5,8,11,14-15H,1,3-4,6-7,9-10,12-13H2/t15-/m0/s1. The van der Waals surface area contributed by atoms with Crippen molar-refractivity contribution in [1.82, 2.24) is 9.88 Å². The molecule has 5 heteroatoms. The average Bonchev–Trinajstić information content (AvgIpc) is 2.89. The van der Waals surface area contributed by atoms with Gasteiger partial charge in [-0.15, -0.1) is 0 Å². The van der Waals surface area contributed by atoms with E-state index in [9.17, 15) is 4.79 Å². The number of carbonyl (C=O) groups is 1. The molecule has 1 aliphatic carbocycles. The minimum Gasteiger partial charge on any atom is -0.492 e. The summed E-state index contributed by atoms with van der Waals surface area (Å²) in [5.74, 6) is 1.95. The molecule has 0 N–H and O–H groups in total. The molecule has 4 rings (SSSR count). The molecule has 1 aromatic heterocycles. The number of ether oxygens (including phenoxy) is 2. The molecule has 2 saturated heterocycles. The molecule has 0 bridgehead atoms. The Labute approximate surface area is 137 Å². The van der Waals surface area contributed by atoms with E-state index in [2.05, 4.69) is 4.98 Å². The normalized spacial score (nSPS) is 25.9. The van der Waals surface area contributed by atoms with E-state index < -0.39 is 0 Å². The first-order chi connectivity index (χ1) is 11.3. The van der Waals surface area contributed by atoms with E-state index in [0.29, 0.717) is 24.3 Å². The van der Waals surface area contributed by atoms with Gasteiger partial charge in [-0.05, 0) is 43.7 Å². The molecule has 0 unspecified atom stereocenters. The summed E-state index contributed by atoms with van der Waals surface area (Å²) < 4.78 is 11.8. The molecule has 1 aromatic rings. The van der Waals surface area contributed by atoms with Gasteiger partial charge in [0.1, 0.15) is 11.4 Å². The molecule has 3 heterocycles. The van der Waals surface area contributed by atoms with Crippen molar-refractivity contribution in [2.45, 2.75) is 37.7 Å². The lowest BCUT2D eigenvalue weighted by Crippen LogP contribution is -2.67. The van der Waals surface area contributed by atoms with Crippen LogP contribution < -0.4 is 4.74 Å². The van der Waals surface area contributed by atoms with Gasteiger partial charge in [0.05, 0.1) is 25.9 Å². The van der Waals surface area contributed by atoms with Crippen molar-refractivity contribution in [1.29, 1.82) is 0 Å². The van der Waals surface area contributed by atoms with Gasteiger partial charge in [-0.25, -0.2) is 0 Å². The molecule has 1 spiro atoms. The molecule has 2 aliphatic heterocycles. The van der Waals surface area contributed by atoms with Crippen LogP contribution in [0, 0.1) is 11.8 Å². The van der Waals surface area contributed by atoms with Gasteiger partial charge in [0.15, 0.2) is 0 Å². The highest BCUT2D eigenvalue weighted by atomic mass is 16.5. The highest BCUT2D eigenvalue weighted by molar-refractivity contribution is 5.80. The number of pyridine rings is 1. The van der Waals surface area contributed by atoms with Gasteiger partial charge < -0.3 is 14.4 Å². The van der Waals surface area contributed by atoms with E-state index in [4.69, 9.17) is 9.47 Å². The van der Waals surface area contributed by atoms with Crippen molar-refractivity contribution in [2.75, 3.05) is 26.3 Å².